The van der Waals surface area contributed by atoms with Gasteiger partial charge in [0.1, 0.15) is 0 Å². The third kappa shape index (κ3) is 4.00. The Morgan fingerprint density at radius 2 is 2.18 bits per heavy atom. The van der Waals surface area contributed by atoms with E-state index in [0.29, 0.717) is 6.42 Å². The summed E-state index contributed by atoms with van der Waals surface area (Å²) in [6.45, 7) is 1.70. The highest BCUT2D eigenvalue weighted by molar-refractivity contribution is 7.86. The van der Waals surface area contributed by atoms with Crippen LogP contribution in [0.15, 0.2) is 12.3 Å². The molecule has 0 rings (SSSR count). The smallest absolute Gasteiger partial charge is 0.268 e. The highest BCUT2D eigenvalue weighted by Gasteiger charge is 2.18. The number of allylic oxidation sites excluding steroid dienone is 1. The van der Waals surface area contributed by atoms with Crippen LogP contribution >= 0.6 is 0 Å². The van der Waals surface area contributed by atoms with Crippen molar-refractivity contribution in [2.24, 2.45) is 5.73 Å². The van der Waals surface area contributed by atoms with E-state index in [4.69, 9.17) is 10.3 Å². The van der Waals surface area contributed by atoms with Gasteiger partial charge in [0.2, 0.25) is 0 Å². The maximum Gasteiger partial charge on any atom is 0.268 e. The molecular weight excluding hydrogens is 166 g/mol. The Bertz CT molecular complexity index is 220. The Kier molecular flexibility index (Phi) is 4.14. The van der Waals surface area contributed by atoms with Crippen LogP contribution in [0.1, 0.15) is 19.8 Å². The summed E-state index contributed by atoms with van der Waals surface area (Å²) >= 11 is 0. The first-order valence-electron chi connectivity index (χ1n) is 3.35. The predicted molar refractivity (Wildman–Crippen MR) is 43.6 cm³/mol. The van der Waals surface area contributed by atoms with Gasteiger partial charge in [-0.1, -0.05) is 13.0 Å². The van der Waals surface area contributed by atoms with Gasteiger partial charge in [-0.3, -0.25) is 4.55 Å². The van der Waals surface area contributed by atoms with E-state index in [1.165, 1.54) is 12.3 Å². The molecule has 1 atom stereocenters. The van der Waals surface area contributed by atoms with Crippen molar-refractivity contribution in [3.8, 4) is 0 Å². The first-order valence-corrected chi connectivity index (χ1v) is 4.85. The quantitative estimate of drug-likeness (QED) is 0.616. The van der Waals surface area contributed by atoms with E-state index in [0.717, 1.165) is 0 Å². The van der Waals surface area contributed by atoms with Crippen LogP contribution in [-0.4, -0.2) is 18.2 Å². The van der Waals surface area contributed by atoms with Crippen LogP contribution in [0.2, 0.25) is 0 Å². The van der Waals surface area contributed by atoms with Crippen molar-refractivity contribution in [2.75, 3.05) is 0 Å². The Balaban J connectivity index is 4.19. The number of hydrogen-bond acceptors (Lipinski definition) is 3. The lowest BCUT2D eigenvalue weighted by Crippen LogP contribution is -2.18. The Hall–Kier alpha value is -0.550. The second-order valence-electron chi connectivity index (χ2n) is 2.21. The van der Waals surface area contributed by atoms with Crippen molar-refractivity contribution < 1.29 is 13.0 Å². The molecule has 3 N–H and O–H groups in total. The summed E-state index contributed by atoms with van der Waals surface area (Å²) in [6.07, 6.45) is 3.45. The van der Waals surface area contributed by atoms with E-state index in [1.807, 2.05) is 0 Å². The van der Waals surface area contributed by atoms with E-state index >= 15 is 0 Å². The number of rotatable bonds is 4. The van der Waals surface area contributed by atoms with Crippen molar-refractivity contribution in [1.29, 1.82) is 0 Å². The predicted octanol–water partition coefficient (Wildman–Crippen LogP) is 0.515. The van der Waals surface area contributed by atoms with Gasteiger partial charge in [-0.05, 0) is 19.0 Å². The van der Waals surface area contributed by atoms with Gasteiger partial charge in [0.25, 0.3) is 10.1 Å². The average molecular weight is 179 g/mol. The molecule has 66 valence electrons. The van der Waals surface area contributed by atoms with Crippen LogP contribution in [0.4, 0.5) is 0 Å². The topological polar surface area (TPSA) is 80.4 Å². The lowest BCUT2D eigenvalue weighted by atomic mass is 10.2. The minimum Gasteiger partial charge on any atom is -0.405 e. The van der Waals surface area contributed by atoms with E-state index in [1.54, 1.807) is 6.92 Å². The molecule has 0 aromatic carbocycles. The summed E-state index contributed by atoms with van der Waals surface area (Å²) in [4.78, 5) is 0. The summed E-state index contributed by atoms with van der Waals surface area (Å²) < 4.78 is 29.7. The SMILES string of the molecule is CCC(CC=CN)S(=O)(=O)O. The maximum atomic E-state index is 10.5. The Morgan fingerprint density at radius 1 is 1.64 bits per heavy atom. The molecule has 0 amide bonds. The fourth-order valence-electron chi connectivity index (χ4n) is 0.729. The summed E-state index contributed by atoms with van der Waals surface area (Å²) in [5.41, 5.74) is 5.02. The lowest BCUT2D eigenvalue weighted by molar-refractivity contribution is 0.464. The molecule has 0 saturated carbocycles. The molecule has 0 aromatic rings. The summed E-state index contributed by atoms with van der Waals surface area (Å²) in [5, 5.41) is -0.720. The molecule has 5 heteroatoms. The van der Waals surface area contributed by atoms with Crippen LogP contribution in [0, 0.1) is 0 Å². The molecule has 1 unspecified atom stereocenters. The molecule has 0 heterocycles. The van der Waals surface area contributed by atoms with Gasteiger partial charge in [0.05, 0.1) is 5.25 Å². The van der Waals surface area contributed by atoms with Gasteiger partial charge in [-0.25, -0.2) is 0 Å². The third-order valence-electron chi connectivity index (χ3n) is 1.41. The van der Waals surface area contributed by atoms with Crippen molar-refractivity contribution in [1.82, 2.24) is 0 Å². The van der Waals surface area contributed by atoms with Crippen molar-refractivity contribution >= 4 is 10.1 Å². The highest BCUT2D eigenvalue weighted by Crippen LogP contribution is 2.08. The van der Waals surface area contributed by atoms with E-state index in [9.17, 15) is 8.42 Å². The lowest BCUT2D eigenvalue weighted by Gasteiger charge is -2.06. The average Bonchev–Trinajstić information content (AvgIpc) is 1.87. The van der Waals surface area contributed by atoms with Gasteiger partial charge in [-0.15, -0.1) is 0 Å². The minimum atomic E-state index is -3.89. The van der Waals surface area contributed by atoms with Crippen molar-refractivity contribution in [3.63, 3.8) is 0 Å². The van der Waals surface area contributed by atoms with Gasteiger partial charge in [0.15, 0.2) is 0 Å². The fraction of sp³-hybridized carbons (Fsp3) is 0.667. The molecule has 0 bridgehead atoms. The zero-order valence-corrected chi connectivity index (χ0v) is 7.21. The van der Waals surface area contributed by atoms with E-state index < -0.39 is 15.4 Å². The zero-order chi connectivity index (χ0) is 8.91. The maximum absolute atomic E-state index is 10.5. The van der Waals surface area contributed by atoms with Crippen LogP contribution in [0.25, 0.3) is 0 Å². The van der Waals surface area contributed by atoms with E-state index in [2.05, 4.69) is 0 Å². The molecule has 0 fully saturated rings. The minimum absolute atomic E-state index is 0.270. The molecule has 4 nitrogen and oxygen atoms in total. The first kappa shape index (κ1) is 10.4. The monoisotopic (exact) mass is 179 g/mol. The second kappa shape index (κ2) is 4.35. The van der Waals surface area contributed by atoms with Crippen LogP contribution in [0.3, 0.4) is 0 Å². The molecule has 0 saturated heterocycles. The number of hydrogen-bond donors (Lipinski definition) is 2. The Morgan fingerprint density at radius 3 is 2.45 bits per heavy atom. The molecule has 0 aromatic heterocycles. The highest BCUT2D eigenvalue weighted by atomic mass is 32.2. The number of nitrogens with two attached hydrogens (primary N) is 1. The van der Waals surface area contributed by atoms with Crippen molar-refractivity contribution in [3.05, 3.63) is 12.3 Å². The van der Waals surface area contributed by atoms with Gasteiger partial charge in [-0.2, -0.15) is 8.42 Å². The second-order valence-corrected chi connectivity index (χ2v) is 3.91. The zero-order valence-electron chi connectivity index (χ0n) is 6.40. The summed E-state index contributed by atoms with van der Waals surface area (Å²) in [6, 6.07) is 0. The summed E-state index contributed by atoms with van der Waals surface area (Å²) in [5.74, 6) is 0. The van der Waals surface area contributed by atoms with Crippen molar-refractivity contribution in [2.45, 2.75) is 25.0 Å². The van der Waals surface area contributed by atoms with Crippen LogP contribution < -0.4 is 5.73 Å². The van der Waals surface area contributed by atoms with Crippen LogP contribution in [-0.2, 0) is 10.1 Å². The van der Waals surface area contributed by atoms with Gasteiger partial charge in [0, 0.05) is 0 Å². The first-order chi connectivity index (χ1) is 5.02. The van der Waals surface area contributed by atoms with Gasteiger partial charge < -0.3 is 5.73 Å². The summed E-state index contributed by atoms with van der Waals surface area (Å²) in [7, 11) is -3.89. The molecule has 0 radical (unpaired) electrons. The largest absolute Gasteiger partial charge is 0.405 e. The molecule has 11 heavy (non-hydrogen) atoms. The Labute approximate surface area is 66.8 Å². The normalized spacial score (nSPS) is 15.5. The molecule has 0 aliphatic carbocycles. The molecule has 0 aliphatic rings. The fourth-order valence-corrected chi connectivity index (χ4v) is 1.50. The molecular formula is C6H13NO3S. The molecule has 0 aliphatic heterocycles. The van der Waals surface area contributed by atoms with E-state index in [-0.39, 0.29) is 6.42 Å². The van der Waals surface area contributed by atoms with Gasteiger partial charge >= 0.3 is 0 Å². The van der Waals surface area contributed by atoms with Crippen LogP contribution in [0.5, 0.6) is 0 Å². The molecule has 0 spiro atoms. The standard InChI is InChI=1S/C6H13NO3S/c1-2-6(4-3-5-7)11(8,9)10/h3,5-6H,2,4,7H2,1H3,(H,8,9,10). The third-order valence-corrected chi connectivity index (χ3v) is 2.78.